The van der Waals surface area contributed by atoms with Gasteiger partial charge in [0, 0.05) is 17.6 Å². The van der Waals surface area contributed by atoms with Gasteiger partial charge in [0.05, 0.1) is 6.10 Å². The Hall–Kier alpha value is -0.570. The van der Waals surface area contributed by atoms with E-state index in [-0.39, 0.29) is 0 Å². The molecule has 0 radical (unpaired) electrons. The molecule has 3 heteroatoms. The molecule has 0 aliphatic rings. The van der Waals surface area contributed by atoms with Gasteiger partial charge in [0.1, 0.15) is 0 Å². The molecule has 0 fully saturated rings. The topological polar surface area (TPSA) is 32.3 Å². The molecule has 2 nitrogen and oxygen atoms in total. The van der Waals surface area contributed by atoms with E-state index in [0.717, 1.165) is 12.0 Å². The highest BCUT2D eigenvalue weighted by Crippen LogP contribution is 2.15. The molecule has 1 aromatic carbocycles. The third-order valence-corrected chi connectivity index (χ3v) is 2.78. The maximum atomic E-state index is 9.85. The third kappa shape index (κ3) is 4.20. The molecule has 0 aliphatic carbocycles. The van der Waals surface area contributed by atoms with Gasteiger partial charge in [-0.15, -0.1) is 0 Å². The van der Waals surface area contributed by atoms with Gasteiger partial charge in [-0.2, -0.15) is 0 Å². The van der Waals surface area contributed by atoms with Crippen LogP contribution >= 0.6 is 11.6 Å². The van der Waals surface area contributed by atoms with E-state index in [1.807, 2.05) is 12.1 Å². The van der Waals surface area contributed by atoms with Crippen molar-refractivity contribution in [3.05, 3.63) is 34.9 Å². The molecule has 15 heavy (non-hydrogen) atoms. The molecule has 0 saturated heterocycles. The first kappa shape index (κ1) is 12.5. The van der Waals surface area contributed by atoms with E-state index >= 15 is 0 Å². The predicted molar refractivity (Wildman–Crippen MR) is 64.2 cm³/mol. The van der Waals surface area contributed by atoms with E-state index in [9.17, 15) is 5.11 Å². The number of aliphatic hydroxyl groups excluding tert-OH is 1. The van der Waals surface area contributed by atoms with Gasteiger partial charge in [0.15, 0.2) is 0 Å². The zero-order chi connectivity index (χ0) is 11.3. The van der Waals surface area contributed by atoms with Crippen LogP contribution in [0.1, 0.15) is 31.9 Å². The van der Waals surface area contributed by atoms with Crippen LogP contribution in [0.25, 0.3) is 0 Å². The Kier molecular flexibility index (Phi) is 5.09. The first-order valence-electron chi connectivity index (χ1n) is 5.30. The summed E-state index contributed by atoms with van der Waals surface area (Å²) in [5.74, 6) is 0. The van der Waals surface area contributed by atoms with Crippen LogP contribution in [0.2, 0.25) is 5.02 Å². The van der Waals surface area contributed by atoms with Gasteiger partial charge < -0.3 is 10.4 Å². The summed E-state index contributed by atoms with van der Waals surface area (Å²) in [6.07, 6.45) is 0.601. The molecule has 0 aliphatic heterocycles. The Bertz CT molecular complexity index is 286. The van der Waals surface area contributed by atoms with Gasteiger partial charge in [0.2, 0.25) is 0 Å². The molecule has 2 unspecified atom stereocenters. The highest BCUT2D eigenvalue weighted by atomic mass is 35.5. The minimum atomic E-state index is -0.462. The summed E-state index contributed by atoms with van der Waals surface area (Å²) in [5, 5.41) is 13.8. The Morgan fingerprint density at radius 3 is 2.47 bits per heavy atom. The van der Waals surface area contributed by atoms with Gasteiger partial charge >= 0.3 is 0 Å². The van der Waals surface area contributed by atoms with E-state index in [0.29, 0.717) is 17.6 Å². The second-order valence-electron chi connectivity index (χ2n) is 3.78. The maximum Gasteiger partial charge on any atom is 0.0914 e. The van der Waals surface area contributed by atoms with Crippen LogP contribution in [0.3, 0.4) is 0 Å². The number of hydrogen-bond donors (Lipinski definition) is 2. The number of hydrogen-bond acceptors (Lipinski definition) is 2. The van der Waals surface area contributed by atoms with Crippen molar-refractivity contribution < 1.29 is 5.11 Å². The van der Waals surface area contributed by atoms with E-state index < -0.39 is 6.10 Å². The molecule has 2 atom stereocenters. The number of aliphatic hydroxyl groups is 1. The van der Waals surface area contributed by atoms with Crippen LogP contribution in [-0.2, 0) is 0 Å². The molecular weight excluding hydrogens is 210 g/mol. The summed E-state index contributed by atoms with van der Waals surface area (Å²) >= 11 is 5.77. The first-order chi connectivity index (χ1) is 7.13. The van der Waals surface area contributed by atoms with Gasteiger partial charge in [-0.25, -0.2) is 0 Å². The minimum Gasteiger partial charge on any atom is -0.387 e. The van der Waals surface area contributed by atoms with Gasteiger partial charge in [-0.1, -0.05) is 30.7 Å². The molecule has 0 aromatic heterocycles. The third-order valence-electron chi connectivity index (χ3n) is 2.53. The normalized spacial score (nSPS) is 14.9. The highest BCUT2D eigenvalue weighted by molar-refractivity contribution is 6.30. The van der Waals surface area contributed by atoms with Crippen LogP contribution in [0.5, 0.6) is 0 Å². The lowest BCUT2D eigenvalue weighted by Crippen LogP contribution is -2.29. The summed E-state index contributed by atoms with van der Waals surface area (Å²) in [6.45, 7) is 4.80. The average molecular weight is 228 g/mol. The number of rotatable bonds is 5. The Balaban J connectivity index is 2.46. The van der Waals surface area contributed by atoms with Crippen LogP contribution in [0, 0.1) is 0 Å². The Labute approximate surface area is 96.3 Å². The quantitative estimate of drug-likeness (QED) is 0.811. The van der Waals surface area contributed by atoms with Crippen molar-refractivity contribution in [1.82, 2.24) is 5.32 Å². The molecule has 0 bridgehead atoms. The van der Waals surface area contributed by atoms with Crippen molar-refractivity contribution >= 4 is 11.6 Å². The van der Waals surface area contributed by atoms with Crippen molar-refractivity contribution in [1.29, 1.82) is 0 Å². The van der Waals surface area contributed by atoms with E-state index in [2.05, 4.69) is 19.2 Å². The van der Waals surface area contributed by atoms with Gasteiger partial charge in [-0.3, -0.25) is 0 Å². The molecule has 1 rings (SSSR count). The van der Waals surface area contributed by atoms with E-state index in [1.165, 1.54) is 0 Å². The Morgan fingerprint density at radius 1 is 1.33 bits per heavy atom. The van der Waals surface area contributed by atoms with E-state index in [1.54, 1.807) is 12.1 Å². The van der Waals surface area contributed by atoms with Crippen LogP contribution in [0.15, 0.2) is 24.3 Å². The average Bonchev–Trinajstić information content (AvgIpc) is 2.26. The molecule has 0 amide bonds. The maximum absolute atomic E-state index is 9.85. The van der Waals surface area contributed by atoms with Crippen LogP contribution < -0.4 is 5.32 Å². The minimum absolute atomic E-state index is 0.437. The Morgan fingerprint density at radius 2 is 1.93 bits per heavy atom. The summed E-state index contributed by atoms with van der Waals surface area (Å²) < 4.78 is 0. The van der Waals surface area contributed by atoms with Crippen LogP contribution in [-0.4, -0.2) is 17.7 Å². The van der Waals surface area contributed by atoms with Crippen molar-refractivity contribution in [2.75, 3.05) is 6.54 Å². The molecule has 0 spiro atoms. The summed E-state index contributed by atoms with van der Waals surface area (Å²) in [7, 11) is 0. The molecule has 2 N–H and O–H groups in total. The zero-order valence-electron chi connectivity index (χ0n) is 9.20. The fourth-order valence-corrected chi connectivity index (χ4v) is 1.39. The fourth-order valence-electron chi connectivity index (χ4n) is 1.26. The number of nitrogens with one attached hydrogen (secondary N) is 1. The predicted octanol–water partition coefficient (Wildman–Crippen LogP) is 2.76. The summed E-state index contributed by atoms with van der Waals surface area (Å²) in [6, 6.07) is 7.73. The lowest BCUT2D eigenvalue weighted by Gasteiger charge is -2.16. The van der Waals surface area contributed by atoms with Gasteiger partial charge in [-0.05, 0) is 31.0 Å². The van der Waals surface area contributed by atoms with Gasteiger partial charge in [0.25, 0.3) is 0 Å². The lowest BCUT2D eigenvalue weighted by molar-refractivity contribution is 0.170. The number of benzene rings is 1. The SMILES string of the molecule is CCC(C)NCC(O)c1ccc(Cl)cc1. The molecule has 84 valence electrons. The zero-order valence-corrected chi connectivity index (χ0v) is 9.96. The number of halogens is 1. The molecule has 0 saturated carbocycles. The lowest BCUT2D eigenvalue weighted by atomic mass is 10.1. The molecule has 0 heterocycles. The second kappa shape index (κ2) is 6.11. The van der Waals surface area contributed by atoms with Crippen LogP contribution in [0.4, 0.5) is 0 Å². The monoisotopic (exact) mass is 227 g/mol. The molecule has 1 aromatic rings. The summed E-state index contributed by atoms with van der Waals surface area (Å²) in [4.78, 5) is 0. The van der Waals surface area contributed by atoms with E-state index in [4.69, 9.17) is 11.6 Å². The van der Waals surface area contributed by atoms with Crippen molar-refractivity contribution in [3.63, 3.8) is 0 Å². The largest absolute Gasteiger partial charge is 0.387 e. The smallest absolute Gasteiger partial charge is 0.0914 e. The fraction of sp³-hybridized carbons (Fsp3) is 0.500. The standard InChI is InChI=1S/C12H18ClNO/c1-3-9(2)14-8-12(15)10-4-6-11(13)7-5-10/h4-7,9,12,14-15H,3,8H2,1-2H3. The summed E-state index contributed by atoms with van der Waals surface area (Å²) in [5.41, 5.74) is 0.898. The second-order valence-corrected chi connectivity index (χ2v) is 4.22. The van der Waals surface area contributed by atoms with Crippen molar-refractivity contribution in [3.8, 4) is 0 Å². The molecular formula is C12H18ClNO. The highest BCUT2D eigenvalue weighted by Gasteiger charge is 2.08. The van der Waals surface area contributed by atoms with Crippen molar-refractivity contribution in [2.24, 2.45) is 0 Å². The first-order valence-corrected chi connectivity index (χ1v) is 5.68. The van der Waals surface area contributed by atoms with Crippen molar-refractivity contribution in [2.45, 2.75) is 32.4 Å².